The lowest BCUT2D eigenvalue weighted by molar-refractivity contribution is -0.0278. The molecule has 0 unspecified atom stereocenters. The van der Waals surface area contributed by atoms with Crippen LogP contribution in [0.15, 0.2) is 54.6 Å². The summed E-state index contributed by atoms with van der Waals surface area (Å²) in [6, 6.07) is 20.4. The molecular formula is C20H22N2O. The Morgan fingerprint density at radius 1 is 1.09 bits per heavy atom. The maximum absolute atomic E-state index is 8.83. The van der Waals surface area contributed by atoms with Gasteiger partial charge in [0.25, 0.3) is 0 Å². The third kappa shape index (κ3) is 4.19. The van der Waals surface area contributed by atoms with E-state index in [9.17, 15) is 0 Å². The lowest BCUT2D eigenvalue weighted by atomic mass is 9.89. The quantitative estimate of drug-likeness (QED) is 0.913. The number of rotatable bonds is 5. The van der Waals surface area contributed by atoms with Crippen molar-refractivity contribution in [2.24, 2.45) is 5.92 Å². The number of benzene rings is 2. The molecule has 23 heavy (non-hydrogen) atoms. The molecule has 2 atom stereocenters. The minimum atomic E-state index is 0.193. The van der Waals surface area contributed by atoms with E-state index in [1.165, 1.54) is 17.5 Å². The first-order chi connectivity index (χ1) is 11.4. The molecule has 1 fully saturated rings. The van der Waals surface area contributed by atoms with Gasteiger partial charge in [-0.15, -0.1) is 0 Å². The van der Waals surface area contributed by atoms with Gasteiger partial charge in [0, 0.05) is 25.6 Å². The molecule has 2 aromatic carbocycles. The Balaban J connectivity index is 1.56. The van der Waals surface area contributed by atoms with E-state index in [0.29, 0.717) is 11.5 Å². The first-order valence-corrected chi connectivity index (χ1v) is 8.23. The molecule has 1 aliphatic heterocycles. The molecule has 0 amide bonds. The van der Waals surface area contributed by atoms with Crippen molar-refractivity contribution in [2.45, 2.75) is 25.5 Å². The van der Waals surface area contributed by atoms with E-state index < -0.39 is 0 Å². The van der Waals surface area contributed by atoms with Gasteiger partial charge in [0.2, 0.25) is 0 Å². The van der Waals surface area contributed by atoms with Gasteiger partial charge in [-0.2, -0.15) is 5.26 Å². The molecule has 1 aliphatic rings. The van der Waals surface area contributed by atoms with Crippen LogP contribution in [0.25, 0.3) is 0 Å². The number of nitriles is 1. The Morgan fingerprint density at radius 3 is 2.61 bits per heavy atom. The molecule has 2 aromatic rings. The van der Waals surface area contributed by atoms with Crippen LogP contribution in [0.2, 0.25) is 0 Å². The van der Waals surface area contributed by atoms with Crippen LogP contribution in [0, 0.1) is 17.2 Å². The van der Waals surface area contributed by atoms with Gasteiger partial charge in [-0.25, -0.2) is 0 Å². The summed E-state index contributed by atoms with van der Waals surface area (Å²) in [6.45, 7) is 2.62. The predicted octanol–water partition coefficient (Wildman–Crippen LogP) is 3.82. The van der Waals surface area contributed by atoms with Crippen molar-refractivity contribution in [1.29, 1.82) is 5.26 Å². The highest BCUT2D eigenvalue weighted by Gasteiger charge is 2.26. The summed E-state index contributed by atoms with van der Waals surface area (Å²) in [4.78, 5) is 0. The second-order valence-corrected chi connectivity index (χ2v) is 6.04. The molecule has 0 radical (unpaired) electrons. The Morgan fingerprint density at radius 2 is 1.87 bits per heavy atom. The van der Waals surface area contributed by atoms with Crippen LogP contribution in [-0.2, 0) is 11.3 Å². The third-order valence-electron chi connectivity index (χ3n) is 4.39. The maximum atomic E-state index is 8.83. The SMILES string of the molecule is N#Cc1ccc(CNC[C@H]2CCCO[C@H]2c2ccccc2)cc1. The number of ether oxygens (including phenoxy) is 1. The average molecular weight is 306 g/mol. The highest BCUT2D eigenvalue weighted by atomic mass is 16.5. The lowest BCUT2D eigenvalue weighted by Gasteiger charge is -2.32. The third-order valence-corrected chi connectivity index (χ3v) is 4.39. The van der Waals surface area contributed by atoms with Crippen molar-refractivity contribution in [3.05, 3.63) is 71.3 Å². The summed E-state index contributed by atoms with van der Waals surface area (Å²) < 4.78 is 6.03. The topological polar surface area (TPSA) is 45.0 Å². The van der Waals surface area contributed by atoms with Gasteiger partial charge < -0.3 is 10.1 Å². The maximum Gasteiger partial charge on any atom is 0.0991 e. The summed E-state index contributed by atoms with van der Waals surface area (Å²) in [5, 5.41) is 12.4. The van der Waals surface area contributed by atoms with Gasteiger partial charge in [-0.3, -0.25) is 0 Å². The second kappa shape index (κ2) is 7.92. The fourth-order valence-electron chi connectivity index (χ4n) is 3.16. The van der Waals surface area contributed by atoms with E-state index in [2.05, 4.69) is 35.7 Å². The molecule has 3 rings (SSSR count). The summed E-state index contributed by atoms with van der Waals surface area (Å²) in [7, 11) is 0. The Bertz CT molecular complexity index is 646. The van der Waals surface area contributed by atoms with Gasteiger partial charge in [0.1, 0.15) is 0 Å². The minimum absolute atomic E-state index is 0.193. The molecule has 0 bridgehead atoms. The van der Waals surface area contributed by atoms with E-state index in [-0.39, 0.29) is 6.10 Å². The van der Waals surface area contributed by atoms with Crippen molar-refractivity contribution in [3.63, 3.8) is 0 Å². The molecule has 3 heteroatoms. The van der Waals surface area contributed by atoms with E-state index in [0.717, 1.165) is 26.1 Å². The zero-order valence-corrected chi connectivity index (χ0v) is 13.2. The van der Waals surface area contributed by atoms with Crippen LogP contribution in [0.3, 0.4) is 0 Å². The minimum Gasteiger partial charge on any atom is -0.373 e. The van der Waals surface area contributed by atoms with Gasteiger partial charge in [-0.05, 0) is 36.1 Å². The number of hydrogen-bond acceptors (Lipinski definition) is 3. The normalized spacial score (nSPS) is 20.8. The molecule has 1 N–H and O–H groups in total. The highest BCUT2D eigenvalue weighted by molar-refractivity contribution is 5.31. The molecule has 0 saturated carbocycles. The van der Waals surface area contributed by atoms with Crippen molar-refractivity contribution in [3.8, 4) is 6.07 Å². The standard InChI is InChI=1S/C20H22N2O/c21-13-16-8-10-17(11-9-16)14-22-15-19-7-4-12-23-20(19)18-5-2-1-3-6-18/h1-3,5-6,8-11,19-20,22H,4,7,12,14-15H2/t19-,20+/m1/s1. The van der Waals surface area contributed by atoms with E-state index in [1.807, 2.05) is 30.3 Å². The Kier molecular flexibility index (Phi) is 5.42. The summed E-state index contributed by atoms with van der Waals surface area (Å²) in [5.41, 5.74) is 3.19. The molecular weight excluding hydrogens is 284 g/mol. The van der Waals surface area contributed by atoms with Crippen molar-refractivity contribution < 1.29 is 4.74 Å². The van der Waals surface area contributed by atoms with Gasteiger partial charge in [0.05, 0.1) is 17.7 Å². The fourth-order valence-corrected chi connectivity index (χ4v) is 3.16. The summed E-state index contributed by atoms with van der Waals surface area (Å²) >= 11 is 0. The first-order valence-electron chi connectivity index (χ1n) is 8.23. The second-order valence-electron chi connectivity index (χ2n) is 6.04. The smallest absolute Gasteiger partial charge is 0.0991 e. The van der Waals surface area contributed by atoms with Crippen LogP contribution in [0.5, 0.6) is 0 Å². The number of hydrogen-bond donors (Lipinski definition) is 1. The van der Waals surface area contributed by atoms with Crippen LogP contribution >= 0.6 is 0 Å². The van der Waals surface area contributed by atoms with Crippen molar-refractivity contribution in [1.82, 2.24) is 5.32 Å². The average Bonchev–Trinajstić information content (AvgIpc) is 2.63. The van der Waals surface area contributed by atoms with E-state index >= 15 is 0 Å². The number of nitrogens with one attached hydrogen (secondary N) is 1. The fraction of sp³-hybridized carbons (Fsp3) is 0.350. The van der Waals surface area contributed by atoms with Gasteiger partial charge in [-0.1, -0.05) is 42.5 Å². The largest absolute Gasteiger partial charge is 0.373 e. The predicted molar refractivity (Wildman–Crippen MR) is 90.7 cm³/mol. The molecule has 118 valence electrons. The Hall–Kier alpha value is -2.15. The monoisotopic (exact) mass is 306 g/mol. The Labute approximate surface area is 137 Å². The van der Waals surface area contributed by atoms with Crippen LogP contribution < -0.4 is 5.32 Å². The summed E-state index contributed by atoms with van der Waals surface area (Å²) in [6.07, 6.45) is 2.52. The molecule has 0 aliphatic carbocycles. The highest BCUT2D eigenvalue weighted by Crippen LogP contribution is 2.33. The lowest BCUT2D eigenvalue weighted by Crippen LogP contribution is -2.31. The summed E-state index contributed by atoms with van der Waals surface area (Å²) in [5.74, 6) is 0.504. The van der Waals surface area contributed by atoms with Crippen LogP contribution in [0.4, 0.5) is 0 Å². The molecule has 0 aromatic heterocycles. The van der Waals surface area contributed by atoms with Crippen molar-refractivity contribution >= 4 is 0 Å². The number of nitrogens with zero attached hydrogens (tertiary/aromatic N) is 1. The first kappa shape index (κ1) is 15.7. The van der Waals surface area contributed by atoms with Gasteiger partial charge >= 0.3 is 0 Å². The molecule has 0 spiro atoms. The molecule has 1 saturated heterocycles. The van der Waals surface area contributed by atoms with Gasteiger partial charge in [0.15, 0.2) is 0 Å². The molecule has 1 heterocycles. The van der Waals surface area contributed by atoms with E-state index in [4.69, 9.17) is 10.00 Å². The van der Waals surface area contributed by atoms with Crippen molar-refractivity contribution in [2.75, 3.05) is 13.2 Å². The zero-order chi connectivity index (χ0) is 15.9. The zero-order valence-electron chi connectivity index (χ0n) is 13.2. The molecule has 3 nitrogen and oxygen atoms in total. The van der Waals surface area contributed by atoms with Crippen LogP contribution in [0.1, 0.15) is 35.6 Å². The van der Waals surface area contributed by atoms with Crippen LogP contribution in [-0.4, -0.2) is 13.2 Å². The van der Waals surface area contributed by atoms with E-state index in [1.54, 1.807) is 0 Å².